The van der Waals surface area contributed by atoms with Gasteiger partial charge in [0.2, 0.25) is 0 Å². The topological polar surface area (TPSA) is 38.0 Å². The normalized spacial score (nSPS) is 10.8. The first-order valence-electron chi connectivity index (χ1n) is 5.53. The van der Waals surface area contributed by atoms with Gasteiger partial charge in [0.05, 0.1) is 10.7 Å². The van der Waals surface area contributed by atoms with Crippen LogP contribution in [0.3, 0.4) is 0 Å². The highest BCUT2D eigenvalue weighted by atomic mass is 35.5. The first-order valence-corrected chi connectivity index (χ1v) is 5.91. The summed E-state index contributed by atoms with van der Waals surface area (Å²) in [5.41, 5.74) is 2.91. The number of rotatable bonds is 3. The fourth-order valence-electron chi connectivity index (χ4n) is 2.01. The maximum absolute atomic E-state index is 9.04. The Morgan fingerprint density at radius 1 is 1.35 bits per heavy atom. The van der Waals surface area contributed by atoms with Crippen LogP contribution in [0, 0.1) is 6.92 Å². The lowest BCUT2D eigenvalue weighted by Crippen LogP contribution is -2.02. The van der Waals surface area contributed by atoms with Gasteiger partial charge in [-0.3, -0.25) is 0 Å². The van der Waals surface area contributed by atoms with E-state index in [9.17, 15) is 0 Å². The molecule has 0 spiro atoms. The first-order chi connectivity index (χ1) is 8.15. The molecule has 2 aromatic rings. The van der Waals surface area contributed by atoms with Gasteiger partial charge in [-0.05, 0) is 19.1 Å². The quantitative estimate of drug-likeness (QED) is 0.909. The summed E-state index contributed by atoms with van der Waals surface area (Å²) in [7, 11) is 1.95. The summed E-state index contributed by atoms with van der Waals surface area (Å²) < 4.78 is 1.99. The third kappa shape index (κ3) is 2.21. The van der Waals surface area contributed by atoms with Crippen LogP contribution in [0.15, 0.2) is 24.3 Å². The van der Waals surface area contributed by atoms with E-state index in [1.54, 1.807) is 0 Å². The van der Waals surface area contributed by atoms with Gasteiger partial charge in [0.25, 0.3) is 0 Å². The largest absolute Gasteiger partial charge is 0.396 e. The molecule has 0 amide bonds. The fraction of sp³-hybridized carbons (Fsp3) is 0.308. The molecular formula is C13H15ClN2O. The number of aryl methyl sites for hydroxylation is 1. The van der Waals surface area contributed by atoms with Gasteiger partial charge in [0, 0.05) is 31.3 Å². The lowest BCUT2D eigenvalue weighted by atomic mass is 10.2. The minimum atomic E-state index is 0.127. The maximum Gasteiger partial charge on any atom is 0.141 e. The van der Waals surface area contributed by atoms with Crippen LogP contribution in [0.2, 0.25) is 5.02 Å². The number of aromatic nitrogens is 2. The number of hydrogen-bond acceptors (Lipinski definition) is 2. The first kappa shape index (κ1) is 12.1. The van der Waals surface area contributed by atoms with Crippen molar-refractivity contribution < 1.29 is 5.11 Å². The molecule has 1 aromatic heterocycles. The molecule has 0 aliphatic heterocycles. The molecule has 0 aliphatic rings. The maximum atomic E-state index is 9.04. The summed E-state index contributed by atoms with van der Waals surface area (Å²) in [5.74, 6) is 0.844. The van der Waals surface area contributed by atoms with E-state index in [-0.39, 0.29) is 6.61 Å². The van der Waals surface area contributed by atoms with Gasteiger partial charge in [0.1, 0.15) is 5.82 Å². The molecule has 0 saturated carbocycles. The summed E-state index contributed by atoms with van der Waals surface area (Å²) in [6, 6.07) is 7.65. The summed E-state index contributed by atoms with van der Waals surface area (Å²) in [6.07, 6.45) is 0.611. The number of hydrogen-bond donors (Lipinski definition) is 1. The second-order valence-electron chi connectivity index (χ2n) is 3.98. The Labute approximate surface area is 106 Å². The van der Waals surface area contributed by atoms with Crippen molar-refractivity contribution in [1.82, 2.24) is 9.55 Å². The molecule has 0 unspecified atom stereocenters. The highest BCUT2D eigenvalue weighted by molar-refractivity contribution is 6.33. The van der Waals surface area contributed by atoms with E-state index in [1.165, 1.54) is 0 Å². The van der Waals surface area contributed by atoms with Crippen molar-refractivity contribution in [2.75, 3.05) is 6.61 Å². The van der Waals surface area contributed by atoms with Gasteiger partial charge in [0.15, 0.2) is 0 Å². The van der Waals surface area contributed by atoms with Crippen LogP contribution < -0.4 is 0 Å². The van der Waals surface area contributed by atoms with Gasteiger partial charge < -0.3 is 9.67 Å². The number of aliphatic hydroxyl groups excluding tert-OH is 1. The average molecular weight is 251 g/mol. The molecule has 3 nitrogen and oxygen atoms in total. The van der Waals surface area contributed by atoms with Crippen LogP contribution in [0.4, 0.5) is 0 Å². The highest BCUT2D eigenvalue weighted by Gasteiger charge is 2.14. The standard InChI is InChI=1S/C13H15ClN2O/c1-9-12(7-8-17)16(2)13(15-9)10-5-3-4-6-11(10)14/h3-6,17H,7-8H2,1-2H3. The predicted molar refractivity (Wildman–Crippen MR) is 69.2 cm³/mol. The number of halogens is 1. The van der Waals surface area contributed by atoms with Crippen LogP contribution in [0.5, 0.6) is 0 Å². The summed E-state index contributed by atoms with van der Waals surface area (Å²) in [4.78, 5) is 4.53. The highest BCUT2D eigenvalue weighted by Crippen LogP contribution is 2.28. The zero-order valence-electron chi connectivity index (χ0n) is 9.94. The average Bonchev–Trinajstić information content (AvgIpc) is 2.58. The van der Waals surface area contributed by atoms with Gasteiger partial charge in [-0.25, -0.2) is 4.98 Å². The molecule has 2 rings (SSSR count). The van der Waals surface area contributed by atoms with Crippen LogP contribution in [0.1, 0.15) is 11.4 Å². The molecule has 0 atom stereocenters. The minimum Gasteiger partial charge on any atom is -0.396 e. The van der Waals surface area contributed by atoms with Gasteiger partial charge in [-0.2, -0.15) is 0 Å². The smallest absolute Gasteiger partial charge is 0.141 e. The molecule has 1 heterocycles. The van der Waals surface area contributed by atoms with Crippen molar-refractivity contribution in [3.63, 3.8) is 0 Å². The minimum absolute atomic E-state index is 0.127. The Bertz CT molecular complexity index is 534. The number of aliphatic hydroxyl groups is 1. The van der Waals surface area contributed by atoms with Crippen molar-refractivity contribution >= 4 is 11.6 Å². The zero-order chi connectivity index (χ0) is 12.4. The Balaban J connectivity index is 2.54. The van der Waals surface area contributed by atoms with Crippen molar-refractivity contribution in [2.45, 2.75) is 13.3 Å². The molecule has 0 bridgehead atoms. The molecule has 1 N–H and O–H groups in total. The Kier molecular flexibility index (Phi) is 3.50. The molecule has 1 aromatic carbocycles. The van der Waals surface area contributed by atoms with E-state index in [1.807, 2.05) is 42.8 Å². The number of nitrogens with zero attached hydrogens (tertiary/aromatic N) is 2. The third-order valence-electron chi connectivity index (χ3n) is 2.88. The zero-order valence-corrected chi connectivity index (χ0v) is 10.7. The SMILES string of the molecule is Cc1nc(-c2ccccc2Cl)n(C)c1CCO. The van der Waals surface area contributed by atoms with Crippen molar-refractivity contribution in [3.05, 3.63) is 40.7 Å². The predicted octanol–water partition coefficient (Wildman–Crippen LogP) is 2.58. The second-order valence-corrected chi connectivity index (χ2v) is 4.39. The van der Waals surface area contributed by atoms with Gasteiger partial charge >= 0.3 is 0 Å². The van der Waals surface area contributed by atoms with E-state index in [2.05, 4.69) is 4.98 Å². The lowest BCUT2D eigenvalue weighted by molar-refractivity contribution is 0.296. The van der Waals surface area contributed by atoms with E-state index >= 15 is 0 Å². The number of imidazole rings is 1. The summed E-state index contributed by atoms with van der Waals surface area (Å²) in [6.45, 7) is 2.08. The van der Waals surface area contributed by atoms with Crippen LogP contribution in [-0.4, -0.2) is 21.3 Å². The Morgan fingerprint density at radius 3 is 2.71 bits per heavy atom. The third-order valence-corrected chi connectivity index (χ3v) is 3.21. The summed E-state index contributed by atoms with van der Waals surface area (Å²) in [5, 5.41) is 9.73. The fourth-order valence-corrected chi connectivity index (χ4v) is 2.23. The molecule has 4 heteroatoms. The summed E-state index contributed by atoms with van der Waals surface area (Å²) >= 11 is 6.17. The van der Waals surface area contributed by atoms with E-state index in [0.29, 0.717) is 11.4 Å². The molecule has 0 aliphatic carbocycles. The van der Waals surface area contributed by atoms with E-state index < -0.39 is 0 Å². The molecular weight excluding hydrogens is 236 g/mol. The Hall–Kier alpha value is -1.32. The van der Waals surface area contributed by atoms with Gasteiger partial charge in [-0.1, -0.05) is 23.7 Å². The van der Waals surface area contributed by atoms with Crippen molar-refractivity contribution in [3.8, 4) is 11.4 Å². The van der Waals surface area contributed by atoms with Gasteiger partial charge in [-0.15, -0.1) is 0 Å². The molecule has 0 fully saturated rings. The van der Waals surface area contributed by atoms with Crippen LogP contribution in [0.25, 0.3) is 11.4 Å². The van der Waals surface area contributed by atoms with E-state index in [4.69, 9.17) is 16.7 Å². The molecule has 0 saturated heterocycles. The molecule has 0 radical (unpaired) electrons. The molecule has 90 valence electrons. The number of benzene rings is 1. The molecule has 17 heavy (non-hydrogen) atoms. The van der Waals surface area contributed by atoms with Crippen molar-refractivity contribution in [2.24, 2.45) is 7.05 Å². The lowest BCUT2D eigenvalue weighted by Gasteiger charge is -2.06. The van der Waals surface area contributed by atoms with Crippen LogP contribution in [-0.2, 0) is 13.5 Å². The van der Waals surface area contributed by atoms with Crippen molar-refractivity contribution in [1.29, 1.82) is 0 Å². The monoisotopic (exact) mass is 250 g/mol. The Morgan fingerprint density at radius 2 is 2.06 bits per heavy atom. The van der Waals surface area contributed by atoms with E-state index in [0.717, 1.165) is 22.8 Å². The van der Waals surface area contributed by atoms with Crippen LogP contribution >= 0.6 is 11.6 Å². The second kappa shape index (κ2) is 4.90.